The minimum absolute atomic E-state index is 0.0236. The smallest absolute Gasteiger partial charge is 0.210 e. The molecule has 0 spiro atoms. The summed E-state index contributed by atoms with van der Waals surface area (Å²) in [5.41, 5.74) is 3.36. The van der Waals surface area contributed by atoms with Crippen LogP contribution in [-0.4, -0.2) is 38.7 Å². The van der Waals surface area contributed by atoms with Crippen LogP contribution in [0.1, 0.15) is 95.9 Å². The van der Waals surface area contributed by atoms with Crippen LogP contribution in [0.2, 0.25) is 0 Å². The first-order valence-corrected chi connectivity index (χ1v) is 16.6. The molecule has 1 saturated carbocycles. The summed E-state index contributed by atoms with van der Waals surface area (Å²) in [6, 6.07) is 2.11. The maximum atomic E-state index is 11.6. The first-order valence-electron chi connectivity index (χ1n) is 14.1. The molecule has 5 nitrogen and oxygen atoms in total. The Morgan fingerprint density at radius 1 is 1.24 bits per heavy atom. The van der Waals surface area contributed by atoms with Gasteiger partial charge in [-0.25, -0.2) is 0 Å². The van der Waals surface area contributed by atoms with Crippen molar-refractivity contribution in [2.45, 2.75) is 116 Å². The van der Waals surface area contributed by atoms with Crippen molar-refractivity contribution in [3.05, 3.63) is 38.3 Å². The zero-order chi connectivity index (χ0) is 26.5. The normalized spacial score (nSPS) is 21.9. The van der Waals surface area contributed by atoms with Crippen LogP contribution in [0.15, 0.2) is 27.8 Å². The molecule has 0 aliphatic heterocycles. The molecule has 0 bridgehead atoms. The molecule has 1 fully saturated rings. The number of hydrogen-bond acceptors (Lipinski definition) is 7. The lowest BCUT2D eigenvalue weighted by Crippen LogP contribution is -2.54. The van der Waals surface area contributed by atoms with Crippen molar-refractivity contribution in [1.82, 2.24) is 14.7 Å². The monoisotopic (exact) mass is 608 g/mol. The number of nitrogens with zero attached hydrogens (tertiary/aromatic N) is 2. The van der Waals surface area contributed by atoms with Gasteiger partial charge in [0, 0.05) is 34.9 Å². The fraction of sp³-hybridized carbons (Fsp3) is 0.724. The highest BCUT2D eigenvalue weighted by atomic mass is 79.9. The number of aromatic nitrogens is 2. The summed E-state index contributed by atoms with van der Waals surface area (Å²) in [5.74, 6) is 0.721. The van der Waals surface area contributed by atoms with Gasteiger partial charge in [-0.1, -0.05) is 65.0 Å². The predicted molar refractivity (Wildman–Crippen MR) is 162 cm³/mol. The number of anilines is 1. The molecule has 4 rings (SSSR count). The number of halogens is 1. The Bertz CT molecular complexity index is 1020. The molecule has 2 aliphatic rings. The summed E-state index contributed by atoms with van der Waals surface area (Å²) in [5, 5.41) is 22.1. The van der Waals surface area contributed by atoms with E-state index in [-0.39, 0.29) is 11.6 Å². The largest absolute Gasteiger partial charge is 0.390 e. The van der Waals surface area contributed by atoms with Crippen LogP contribution in [0.5, 0.6) is 0 Å². The molecule has 2 aromatic heterocycles. The van der Waals surface area contributed by atoms with Gasteiger partial charge in [-0.2, -0.15) is 9.36 Å². The fourth-order valence-electron chi connectivity index (χ4n) is 6.19. The predicted octanol–water partition coefficient (Wildman–Crippen LogP) is 7.76. The molecular formula is C29H45BrN4OS2. The SMILES string of the molecule is CCCc1ccsc1CC(Nc1nc(Br)ns1)C(O)CNC1(C2=CCCC(C(C)(C)C)C2)CCCCC1. The number of aliphatic hydroxyl groups excluding tert-OH is 1. The van der Waals surface area contributed by atoms with Gasteiger partial charge in [0.1, 0.15) is 0 Å². The number of rotatable bonds is 11. The maximum Gasteiger partial charge on any atom is 0.210 e. The zero-order valence-electron chi connectivity index (χ0n) is 23.0. The van der Waals surface area contributed by atoms with E-state index in [9.17, 15) is 5.11 Å². The summed E-state index contributed by atoms with van der Waals surface area (Å²) in [4.78, 5) is 5.82. The number of aliphatic hydroxyl groups is 1. The number of nitrogens with one attached hydrogen (secondary N) is 2. The molecule has 0 radical (unpaired) electrons. The van der Waals surface area contributed by atoms with E-state index in [0.717, 1.165) is 30.3 Å². The second-order valence-corrected chi connectivity index (χ2v) is 14.6. The first-order chi connectivity index (χ1) is 17.7. The average molecular weight is 610 g/mol. The Kier molecular flexibility index (Phi) is 10.3. The van der Waals surface area contributed by atoms with Crippen LogP contribution < -0.4 is 10.6 Å². The third-order valence-corrected chi connectivity index (χ3v) is 10.7. The van der Waals surface area contributed by atoms with Crippen molar-refractivity contribution in [1.29, 1.82) is 0 Å². The van der Waals surface area contributed by atoms with Crippen molar-refractivity contribution < 1.29 is 5.11 Å². The lowest BCUT2D eigenvalue weighted by Gasteiger charge is -2.45. The van der Waals surface area contributed by atoms with Crippen LogP contribution >= 0.6 is 38.8 Å². The van der Waals surface area contributed by atoms with E-state index in [1.807, 2.05) is 0 Å². The van der Waals surface area contributed by atoms with Gasteiger partial charge in [-0.15, -0.1) is 11.3 Å². The van der Waals surface area contributed by atoms with E-state index in [0.29, 0.717) is 16.7 Å². The van der Waals surface area contributed by atoms with Crippen LogP contribution in [0.25, 0.3) is 0 Å². The fourth-order valence-corrected chi connectivity index (χ4v) is 8.23. The van der Waals surface area contributed by atoms with Gasteiger partial charge in [0.2, 0.25) is 9.87 Å². The molecular weight excluding hydrogens is 564 g/mol. The lowest BCUT2D eigenvalue weighted by atomic mass is 9.66. The second-order valence-electron chi connectivity index (χ2n) is 12.1. The summed E-state index contributed by atoms with van der Waals surface area (Å²) in [6.45, 7) is 9.98. The Labute approximate surface area is 240 Å². The summed E-state index contributed by atoms with van der Waals surface area (Å²) < 4.78 is 4.86. The van der Waals surface area contributed by atoms with Crippen molar-refractivity contribution in [2.24, 2.45) is 11.3 Å². The molecule has 37 heavy (non-hydrogen) atoms. The van der Waals surface area contributed by atoms with Crippen molar-refractivity contribution >= 4 is 43.9 Å². The van der Waals surface area contributed by atoms with E-state index >= 15 is 0 Å². The Morgan fingerprint density at radius 3 is 2.70 bits per heavy atom. The minimum atomic E-state index is -0.541. The van der Waals surface area contributed by atoms with Crippen LogP contribution in [-0.2, 0) is 12.8 Å². The van der Waals surface area contributed by atoms with Crippen molar-refractivity contribution in [3.63, 3.8) is 0 Å². The van der Waals surface area contributed by atoms with Crippen molar-refractivity contribution in [2.75, 3.05) is 11.9 Å². The standard InChI is InChI=1S/C29H45BrN4OS2/c1-5-10-20-13-16-36-25(20)18-23(32-27-33-26(30)34-37-27)24(35)19-31-29(14-7-6-8-15-29)22-12-9-11-21(17-22)28(2,3)4/h12-13,16,21,23-24,31,35H,5-11,14-15,17-19H2,1-4H3,(H,32,33,34). The van der Waals surface area contributed by atoms with Crippen LogP contribution in [0.4, 0.5) is 5.13 Å². The number of allylic oxidation sites excluding steroid dienone is 1. The summed E-state index contributed by atoms with van der Waals surface area (Å²) in [6.07, 6.45) is 14.8. The van der Waals surface area contributed by atoms with E-state index in [1.54, 1.807) is 16.9 Å². The topological polar surface area (TPSA) is 70.1 Å². The summed E-state index contributed by atoms with van der Waals surface area (Å²) in [7, 11) is 0. The van der Waals surface area contributed by atoms with E-state index < -0.39 is 6.10 Å². The highest BCUT2D eigenvalue weighted by Gasteiger charge is 2.40. The minimum Gasteiger partial charge on any atom is -0.390 e. The number of β-amino-alcohol motifs (C(OH)–C–C–N with tert-alkyl or cyclic N) is 1. The molecule has 0 aromatic carbocycles. The maximum absolute atomic E-state index is 11.6. The van der Waals surface area contributed by atoms with Crippen LogP contribution in [0.3, 0.4) is 0 Å². The van der Waals surface area contributed by atoms with Gasteiger partial charge in [-0.3, -0.25) is 0 Å². The quantitative estimate of drug-likeness (QED) is 0.227. The van der Waals surface area contributed by atoms with Crippen LogP contribution in [0, 0.1) is 11.3 Å². The molecule has 3 atom stereocenters. The number of hydrogen-bond donors (Lipinski definition) is 3. The third-order valence-electron chi connectivity index (χ3n) is 8.51. The van der Waals surface area contributed by atoms with Gasteiger partial charge in [-0.05, 0) is 82.8 Å². The Morgan fingerprint density at radius 2 is 2.03 bits per heavy atom. The second kappa shape index (κ2) is 13.0. The molecule has 2 aromatic rings. The number of aryl methyl sites for hydroxylation is 1. The Hall–Kier alpha value is -0.800. The molecule has 8 heteroatoms. The molecule has 3 N–H and O–H groups in total. The molecule has 2 heterocycles. The van der Waals surface area contributed by atoms with E-state index in [4.69, 9.17) is 0 Å². The first kappa shape index (κ1) is 29.2. The summed E-state index contributed by atoms with van der Waals surface area (Å²) >= 11 is 6.51. The zero-order valence-corrected chi connectivity index (χ0v) is 26.2. The molecule has 2 aliphatic carbocycles. The molecule has 3 unspecified atom stereocenters. The van der Waals surface area contributed by atoms with Gasteiger partial charge in [0.05, 0.1) is 12.1 Å². The highest BCUT2D eigenvalue weighted by Crippen LogP contribution is 2.45. The van der Waals surface area contributed by atoms with Gasteiger partial charge < -0.3 is 15.7 Å². The Balaban J connectivity index is 1.51. The third kappa shape index (κ3) is 7.65. The van der Waals surface area contributed by atoms with Crippen molar-refractivity contribution in [3.8, 4) is 0 Å². The molecule has 0 saturated heterocycles. The average Bonchev–Trinajstić information content (AvgIpc) is 3.50. The van der Waals surface area contributed by atoms with Gasteiger partial charge in [0.25, 0.3) is 0 Å². The highest BCUT2D eigenvalue weighted by molar-refractivity contribution is 9.10. The molecule has 0 amide bonds. The van der Waals surface area contributed by atoms with E-state index in [1.165, 1.54) is 73.3 Å². The van der Waals surface area contributed by atoms with E-state index in [2.05, 4.69) is 81.1 Å². The van der Waals surface area contributed by atoms with Gasteiger partial charge in [0.15, 0.2) is 0 Å². The number of thiophene rings is 1. The van der Waals surface area contributed by atoms with Gasteiger partial charge >= 0.3 is 0 Å². The lowest BCUT2D eigenvalue weighted by molar-refractivity contribution is 0.126. The molecule has 206 valence electrons.